The van der Waals surface area contributed by atoms with Gasteiger partial charge in [-0.1, -0.05) is 17.2 Å². The molecule has 0 saturated carbocycles. The Balaban J connectivity index is 1.80. The van der Waals surface area contributed by atoms with E-state index in [0.29, 0.717) is 0 Å². The van der Waals surface area contributed by atoms with E-state index in [1.165, 1.54) is 18.2 Å². The lowest BCUT2D eigenvalue weighted by molar-refractivity contribution is -0.0587. The Morgan fingerprint density at radius 1 is 1.07 bits per heavy atom. The first-order valence-electron chi connectivity index (χ1n) is 7.85. The van der Waals surface area contributed by atoms with Crippen LogP contribution < -0.4 is 5.32 Å². The van der Waals surface area contributed by atoms with Gasteiger partial charge in [-0.3, -0.25) is 14.9 Å². The number of benzene rings is 2. The Morgan fingerprint density at radius 3 is 2.30 bits per heavy atom. The molecule has 2 aromatic carbocycles. The van der Waals surface area contributed by atoms with Crippen molar-refractivity contribution in [3.8, 4) is 0 Å². The van der Waals surface area contributed by atoms with Crippen molar-refractivity contribution in [2.75, 3.05) is 11.9 Å². The van der Waals surface area contributed by atoms with Crippen molar-refractivity contribution in [1.82, 2.24) is 5.06 Å². The Bertz CT molecular complexity index is 924. The van der Waals surface area contributed by atoms with Gasteiger partial charge in [-0.05, 0) is 37.3 Å². The number of hydroxylamine groups is 2. The largest absolute Gasteiger partial charge is 0.450 e. The van der Waals surface area contributed by atoms with Crippen LogP contribution in [0.5, 0.6) is 0 Å². The summed E-state index contributed by atoms with van der Waals surface area (Å²) in [6.45, 7) is 1.73. The highest BCUT2D eigenvalue weighted by molar-refractivity contribution is 6.21. The van der Waals surface area contributed by atoms with Crippen molar-refractivity contribution in [2.45, 2.75) is 6.92 Å². The maximum absolute atomic E-state index is 14.0. The van der Waals surface area contributed by atoms with Gasteiger partial charge < -0.3 is 9.57 Å². The fourth-order valence-corrected chi connectivity index (χ4v) is 2.43. The summed E-state index contributed by atoms with van der Waals surface area (Å²) in [7, 11) is 0. The standard InChI is InChI=1S/C18H13FN2O6/c1-2-26-18(25)20-10-7-8-14(19)13(9-10)17(24)27-21-15(22)11-5-3-4-6-12(11)16(21)23/h3-9H,2H2,1H3,(H,20,25). The summed E-state index contributed by atoms with van der Waals surface area (Å²) in [4.78, 5) is 52.9. The first kappa shape index (κ1) is 18.1. The fourth-order valence-electron chi connectivity index (χ4n) is 2.43. The van der Waals surface area contributed by atoms with E-state index in [0.717, 1.165) is 12.1 Å². The molecule has 0 atom stereocenters. The SMILES string of the molecule is CCOC(=O)Nc1ccc(F)c(C(=O)ON2C(=O)c3ccccc3C2=O)c1. The van der Waals surface area contributed by atoms with Gasteiger partial charge in [0.05, 0.1) is 23.3 Å². The number of fused-ring (bicyclic) bond motifs is 1. The van der Waals surface area contributed by atoms with E-state index >= 15 is 0 Å². The third kappa shape index (κ3) is 3.47. The van der Waals surface area contributed by atoms with Gasteiger partial charge in [0.2, 0.25) is 0 Å². The lowest BCUT2D eigenvalue weighted by Crippen LogP contribution is -2.33. The zero-order valence-electron chi connectivity index (χ0n) is 14.0. The predicted molar refractivity (Wildman–Crippen MR) is 89.4 cm³/mol. The van der Waals surface area contributed by atoms with Crippen molar-refractivity contribution in [1.29, 1.82) is 0 Å². The summed E-state index contributed by atoms with van der Waals surface area (Å²) in [6, 6.07) is 9.08. The average molecular weight is 372 g/mol. The molecular weight excluding hydrogens is 359 g/mol. The normalized spacial score (nSPS) is 12.6. The van der Waals surface area contributed by atoms with Gasteiger partial charge in [0, 0.05) is 5.69 Å². The third-order valence-electron chi connectivity index (χ3n) is 3.64. The average Bonchev–Trinajstić information content (AvgIpc) is 2.89. The van der Waals surface area contributed by atoms with Crippen LogP contribution in [-0.4, -0.2) is 35.5 Å². The molecule has 0 aliphatic carbocycles. The summed E-state index contributed by atoms with van der Waals surface area (Å²) >= 11 is 0. The minimum Gasteiger partial charge on any atom is -0.450 e. The highest BCUT2D eigenvalue weighted by atomic mass is 19.1. The van der Waals surface area contributed by atoms with Crippen LogP contribution in [0.3, 0.4) is 0 Å². The number of carbonyl (C=O) groups is 4. The zero-order chi connectivity index (χ0) is 19.6. The van der Waals surface area contributed by atoms with Crippen LogP contribution in [0.1, 0.15) is 38.0 Å². The zero-order valence-corrected chi connectivity index (χ0v) is 14.0. The third-order valence-corrected chi connectivity index (χ3v) is 3.64. The fraction of sp³-hybridized carbons (Fsp3) is 0.111. The smallest absolute Gasteiger partial charge is 0.411 e. The molecule has 1 aliphatic rings. The molecule has 3 rings (SSSR count). The van der Waals surface area contributed by atoms with Gasteiger partial charge in [-0.25, -0.2) is 14.0 Å². The molecule has 8 nitrogen and oxygen atoms in total. The van der Waals surface area contributed by atoms with Crippen LogP contribution in [0, 0.1) is 5.82 Å². The molecule has 0 bridgehead atoms. The van der Waals surface area contributed by atoms with E-state index in [2.05, 4.69) is 5.32 Å². The van der Waals surface area contributed by atoms with Crippen LogP contribution >= 0.6 is 0 Å². The molecule has 9 heteroatoms. The molecular formula is C18H13FN2O6. The Labute approximate surface area is 152 Å². The molecule has 27 heavy (non-hydrogen) atoms. The molecule has 0 saturated heterocycles. The number of nitrogens with zero attached hydrogens (tertiary/aromatic N) is 1. The van der Waals surface area contributed by atoms with E-state index in [4.69, 9.17) is 9.57 Å². The lowest BCUT2D eigenvalue weighted by Gasteiger charge is -2.13. The quantitative estimate of drug-likeness (QED) is 0.828. The molecule has 138 valence electrons. The topological polar surface area (TPSA) is 102 Å². The second-order valence-corrected chi connectivity index (χ2v) is 5.37. The number of ether oxygens (including phenoxy) is 1. The van der Waals surface area contributed by atoms with Crippen molar-refractivity contribution < 1.29 is 33.1 Å². The van der Waals surface area contributed by atoms with Crippen molar-refractivity contribution in [2.24, 2.45) is 0 Å². The number of rotatable bonds is 4. The number of anilines is 1. The highest BCUT2D eigenvalue weighted by Crippen LogP contribution is 2.24. The van der Waals surface area contributed by atoms with Crippen molar-refractivity contribution >= 4 is 29.6 Å². The Morgan fingerprint density at radius 2 is 1.70 bits per heavy atom. The monoisotopic (exact) mass is 372 g/mol. The molecule has 1 N–H and O–H groups in total. The number of hydrogen-bond acceptors (Lipinski definition) is 6. The summed E-state index contributed by atoms with van der Waals surface area (Å²) in [6.07, 6.45) is -0.788. The Hall–Kier alpha value is -3.75. The van der Waals surface area contributed by atoms with Crippen LogP contribution in [0.25, 0.3) is 0 Å². The summed E-state index contributed by atoms with van der Waals surface area (Å²) in [5, 5.41) is 2.58. The number of imide groups is 1. The molecule has 0 radical (unpaired) electrons. The van der Waals surface area contributed by atoms with Crippen LogP contribution in [-0.2, 0) is 9.57 Å². The lowest BCUT2D eigenvalue weighted by atomic mass is 10.1. The molecule has 0 aromatic heterocycles. The van der Waals surface area contributed by atoms with Gasteiger partial charge in [-0.2, -0.15) is 0 Å². The maximum Gasteiger partial charge on any atom is 0.411 e. The van der Waals surface area contributed by atoms with E-state index in [1.807, 2.05) is 0 Å². The van der Waals surface area contributed by atoms with Crippen LogP contribution in [0.4, 0.5) is 14.9 Å². The second kappa shape index (κ2) is 7.24. The van der Waals surface area contributed by atoms with E-state index in [1.54, 1.807) is 19.1 Å². The molecule has 0 fully saturated rings. The number of hydrogen-bond donors (Lipinski definition) is 1. The Kier molecular flexibility index (Phi) is 4.84. The summed E-state index contributed by atoms with van der Waals surface area (Å²) in [5.41, 5.74) is -0.341. The second-order valence-electron chi connectivity index (χ2n) is 5.37. The molecule has 3 amide bonds. The predicted octanol–water partition coefficient (Wildman–Crippen LogP) is 2.76. The number of halogens is 1. The van der Waals surface area contributed by atoms with Gasteiger partial charge in [-0.15, -0.1) is 0 Å². The number of carbonyl (C=O) groups excluding carboxylic acids is 4. The molecule has 1 aliphatic heterocycles. The van der Waals surface area contributed by atoms with Crippen LogP contribution in [0.2, 0.25) is 0 Å². The summed E-state index contributed by atoms with van der Waals surface area (Å²) in [5.74, 6) is -3.88. The molecule has 0 spiro atoms. The van der Waals surface area contributed by atoms with Gasteiger partial charge >= 0.3 is 12.1 Å². The highest BCUT2D eigenvalue weighted by Gasteiger charge is 2.39. The van der Waals surface area contributed by atoms with Crippen molar-refractivity contribution in [3.63, 3.8) is 0 Å². The van der Waals surface area contributed by atoms with E-state index in [-0.39, 0.29) is 28.5 Å². The number of nitrogens with one attached hydrogen (secondary N) is 1. The molecule has 0 unspecified atom stereocenters. The molecule has 1 heterocycles. The number of amides is 3. The van der Waals surface area contributed by atoms with Gasteiger partial charge in [0.15, 0.2) is 0 Å². The van der Waals surface area contributed by atoms with Crippen molar-refractivity contribution in [3.05, 3.63) is 65.0 Å². The first-order valence-corrected chi connectivity index (χ1v) is 7.85. The van der Waals surface area contributed by atoms with E-state index < -0.39 is 35.3 Å². The minimum atomic E-state index is -1.27. The molecule has 2 aromatic rings. The van der Waals surface area contributed by atoms with Gasteiger partial charge in [0.25, 0.3) is 11.8 Å². The van der Waals surface area contributed by atoms with Crippen LogP contribution in [0.15, 0.2) is 42.5 Å². The summed E-state index contributed by atoms with van der Waals surface area (Å²) < 4.78 is 18.7. The maximum atomic E-state index is 14.0. The van der Waals surface area contributed by atoms with E-state index in [9.17, 15) is 23.6 Å². The minimum absolute atomic E-state index is 0.0733. The first-order chi connectivity index (χ1) is 12.9. The van der Waals surface area contributed by atoms with Gasteiger partial charge in [0.1, 0.15) is 5.82 Å².